The van der Waals surface area contributed by atoms with Crippen LogP contribution in [-0.4, -0.2) is 36.1 Å². The van der Waals surface area contributed by atoms with Gasteiger partial charge in [0.15, 0.2) is 0 Å². The number of H-pyrrole nitrogens is 1. The van der Waals surface area contributed by atoms with Crippen molar-refractivity contribution >= 4 is 16.7 Å². The van der Waals surface area contributed by atoms with Crippen LogP contribution in [0.2, 0.25) is 0 Å². The molecule has 3 rings (SSSR count). The minimum absolute atomic E-state index is 0.299. The van der Waals surface area contributed by atoms with Crippen molar-refractivity contribution < 1.29 is 0 Å². The van der Waals surface area contributed by atoms with Gasteiger partial charge in [0.2, 0.25) is 0 Å². The van der Waals surface area contributed by atoms with Gasteiger partial charge < -0.3 is 15.2 Å². The topological polar surface area (TPSA) is 44.0 Å². The quantitative estimate of drug-likeness (QED) is 0.800. The minimum atomic E-state index is 0.299. The number of aromatic amines is 1. The molecule has 2 aromatic rings. The molecule has 0 aromatic carbocycles. The molecule has 1 aliphatic heterocycles. The van der Waals surface area contributed by atoms with Gasteiger partial charge in [0, 0.05) is 43.0 Å². The number of nitrogens with zero attached hydrogens (tertiary/aromatic N) is 2. The standard InChI is InChI=1S/C15H18N4/c1-3-11-4-7-16-10-14(11)19(2)13-6-9-18-15-12(13)5-8-17-15/h1,5-6,8-9,11,14,16H,4,7,10H2,2H3,(H,17,18)/t11-,14?/m1/s1. The van der Waals surface area contributed by atoms with Crippen molar-refractivity contribution in [3.63, 3.8) is 0 Å². The lowest BCUT2D eigenvalue weighted by Gasteiger charge is -2.37. The first-order valence-corrected chi connectivity index (χ1v) is 6.63. The molecule has 3 heterocycles. The van der Waals surface area contributed by atoms with E-state index in [0.717, 1.165) is 30.5 Å². The van der Waals surface area contributed by atoms with Crippen molar-refractivity contribution in [2.45, 2.75) is 12.5 Å². The average molecular weight is 254 g/mol. The van der Waals surface area contributed by atoms with E-state index in [1.807, 2.05) is 12.4 Å². The Balaban J connectivity index is 1.96. The lowest BCUT2D eigenvalue weighted by molar-refractivity contribution is 0.379. The smallest absolute Gasteiger partial charge is 0.139 e. The number of anilines is 1. The van der Waals surface area contributed by atoms with E-state index in [-0.39, 0.29) is 0 Å². The summed E-state index contributed by atoms with van der Waals surface area (Å²) in [5.41, 5.74) is 2.10. The molecule has 1 fully saturated rings. The molecule has 0 bridgehead atoms. The predicted octanol–water partition coefficient (Wildman–Crippen LogP) is 1.61. The van der Waals surface area contributed by atoms with Crippen LogP contribution < -0.4 is 10.2 Å². The summed E-state index contributed by atoms with van der Waals surface area (Å²) in [4.78, 5) is 9.77. The Morgan fingerprint density at radius 3 is 3.21 bits per heavy atom. The monoisotopic (exact) mass is 254 g/mol. The molecule has 0 radical (unpaired) electrons. The summed E-state index contributed by atoms with van der Waals surface area (Å²) < 4.78 is 0. The zero-order valence-corrected chi connectivity index (χ0v) is 11.1. The van der Waals surface area contributed by atoms with Crippen LogP contribution >= 0.6 is 0 Å². The normalized spacial score (nSPS) is 23.2. The largest absolute Gasteiger partial charge is 0.368 e. The highest BCUT2D eigenvalue weighted by atomic mass is 15.2. The fourth-order valence-electron chi connectivity index (χ4n) is 2.88. The van der Waals surface area contributed by atoms with Gasteiger partial charge >= 0.3 is 0 Å². The lowest BCUT2D eigenvalue weighted by atomic mass is 9.92. The van der Waals surface area contributed by atoms with E-state index in [9.17, 15) is 0 Å². The Bertz CT molecular complexity index is 610. The highest BCUT2D eigenvalue weighted by Crippen LogP contribution is 2.28. The van der Waals surface area contributed by atoms with E-state index >= 15 is 0 Å². The van der Waals surface area contributed by atoms with Gasteiger partial charge in [-0.1, -0.05) is 0 Å². The molecular formula is C15H18N4. The number of nitrogens with one attached hydrogen (secondary N) is 2. The first kappa shape index (κ1) is 12.1. The van der Waals surface area contributed by atoms with Crippen LogP contribution in [0, 0.1) is 18.3 Å². The fourth-order valence-corrected chi connectivity index (χ4v) is 2.88. The Labute approximate surface area is 113 Å². The van der Waals surface area contributed by atoms with Crippen LogP contribution in [0.1, 0.15) is 6.42 Å². The van der Waals surface area contributed by atoms with E-state index in [2.05, 4.69) is 45.3 Å². The molecule has 19 heavy (non-hydrogen) atoms. The SMILES string of the molecule is C#C[C@@H]1CCNCC1N(C)c1ccnc2[nH]ccc12. The third-order valence-corrected chi connectivity index (χ3v) is 3.98. The maximum atomic E-state index is 5.68. The number of hydrogen-bond acceptors (Lipinski definition) is 3. The fraction of sp³-hybridized carbons (Fsp3) is 0.400. The first-order valence-electron chi connectivity index (χ1n) is 6.63. The van der Waals surface area contributed by atoms with Crippen LogP contribution in [0.15, 0.2) is 24.5 Å². The number of terminal acetylenes is 1. The molecule has 0 spiro atoms. The van der Waals surface area contributed by atoms with Crippen LogP contribution in [0.3, 0.4) is 0 Å². The molecule has 1 saturated heterocycles. The molecule has 1 aliphatic rings. The summed E-state index contributed by atoms with van der Waals surface area (Å²) >= 11 is 0. The van der Waals surface area contributed by atoms with Crippen molar-refractivity contribution in [1.29, 1.82) is 0 Å². The number of likely N-dealkylation sites (N-methyl/N-ethyl adjacent to an activating group) is 1. The number of pyridine rings is 1. The third kappa shape index (κ3) is 2.06. The molecule has 0 aliphatic carbocycles. The first-order chi connectivity index (χ1) is 9.31. The number of rotatable bonds is 2. The van der Waals surface area contributed by atoms with Gasteiger partial charge in [-0.25, -0.2) is 4.98 Å². The summed E-state index contributed by atoms with van der Waals surface area (Å²) in [5, 5.41) is 4.58. The number of aromatic nitrogens is 2. The second-order valence-electron chi connectivity index (χ2n) is 5.01. The van der Waals surface area contributed by atoms with Gasteiger partial charge in [-0.3, -0.25) is 0 Å². The van der Waals surface area contributed by atoms with Crippen molar-refractivity contribution in [3.8, 4) is 12.3 Å². The molecule has 0 amide bonds. The van der Waals surface area contributed by atoms with Crippen molar-refractivity contribution in [2.24, 2.45) is 5.92 Å². The zero-order valence-electron chi connectivity index (χ0n) is 11.1. The molecular weight excluding hydrogens is 236 g/mol. The number of fused-ring (bicyclic) bond motifs is 1. The van der Waals surface area contributed by atoms with E-state index in [0.29, 0.717) is 12.0 Å². The lowest BCUT2D eigenvalue weighted by Crippen LogP contribution is -2.49. The Morgan fingerprint density at radius 2 is 2.37 bits per heavy atom. The summed E-state index contributed by atoms with van der Waals surface area (Å²) in [6.45, 7) is 1.94. The van der Waals surface area contributed by atoms with E-state index in [4.69, 9.17) is 6.42 Å². The molecule has 4 nitrogen and oxygen atoms in total. The predicted molar refractivity (Wildman–Crippen MR) is 78.1 cm³/mol. The van der Waals surface area contributed by atoms with Crippen LogP contribution in [0.5, 0.6) is 0 Å². The average Bonchev–Trinajstić information content (AvgIpc) is 2.94. The molecule has 2 atom stereocenters. The summed E-state index contributed by atoms with van der Waals surface area (Å²) in [6, 6.07) is 4.45. The van der Waals surface area contributed by atoms with Crippen LogP contribution in [-0.2, 0) is 0 Å². The van der Waals surface area contributed by atoms with Crippen LogP contribution in [0.4, 0.5) is 5.69 Å². The van der Waals surface area contributed by atoms with Gasteiger partial charge in [0.25, 0.3) is 0 Å². The molecule has 1 unspecified atom stereocenters. The van der Waals surface area contributed by atoms with Gasteiger partial charge in [-0.05, 0) is 25.1 Å². The number of piperidine rings is 1. The maximum absolute atomic E-state index is 5.68. The highest BCUT2D eigenvalue weighted by Gasteiger charge is 2.27. The Morgan fingerprint density at radius 1 is 1.47 bits per heavy atom. The Hall–Kier alpha value is -1.99. The van der Waals surface area contributed by atoms with E-state index < -0.39 is 0 Å². The summed E-state index contributed by atoms with van der Waals surface area (Å²) in [7, 11) is 2.11. The molecule has 0 saturated carbocycles. The van der Waals surface area contributed by atoms with Crippen molar-refractivity contribution in [2.75, 3.05) is 25.0 Å². The van der Waals surface area contributed by atoms with Crippen molar-refractivity contribution in [3.05, 3.63) is 24.5 Å². The summed E-state index contributed by atoms with van der Waals surface area (Å²) in [5.74, 6) is 3.24. The second kappa shape index (κ2) is 4.94. The number of hydrogen-bond donors (Lipinski definition) is 2. The van der Waals surface area contributed by atoms with Crippen molar-refractivity contribution in [1.82, 2.24) is 15.3 Å². The zero-order chi connectivity index (χ0) is 13.2. The van der Waals surface area contributed by atoms with Crippen LogP contribution in [0.25, 0.3) is 11.0 Å². The molecule has 98 valence electrons. The molecule has 2 aromatic heterocycles. The van der Waals surface area contributed by atoms with Gasteiger partial charge in [0.1, 0.15) is 5.65 Å². The van der Waals surface area contributed by atoms with Gasteiger partial charge in [-0.2, -0.15) is 0 Å². The van der Waals surface area contributed by atoms with E-state index in [1.165, 1.54) is 5.69 Å². The van der Waals surface area contributed by atoms with E-state index in [1.54, 1.807) is 0 Å². The Kier molecular flexibility index (Phi) is 3.14. The minimum Gasteiger partial charge on any atom is -0.368 e. The van der Waals surface area contributed by atoms with Gasteiger partial charge in [0.05, 0.1) is 6.04 Å². The van der Waals surface area contributed by atoms with Gasteiger partial charge in [-0.15, -0.1) is 12.3 Å². The third-order valence-electron chi connectivity index (χ3n) is 3.98. The molecule has 2 N–H and O–H groups in total. The molecule has 4 heteroatoms. The highest BCUT2D eigenvalue weighted by molar-refractivity contribution is 5.89. The maximum Gasteiger partial charge on any atom is 0.139 e. The summed E-state index contributed by atoms with van der Waals surface area (Å²) in [6.07, 6.45) is 10.5. The second-order valence-corrected chi connectivity index (χ2v) is 5.01.